The Bertz CT molecular complexity index is 2820. The lowest BCUT2D eigenvalue weighted by atomic mass is 9.80. The SMILES string of the molecule is COc1ccc(C(OC[C@H]2O[C@@H](n3ccc(=O)[nH]c3=O)[C@H](n3cc(Cn4cc(C)c(=O)[nH]c4=O)nn3)[C@@H]2OP(OCCC#N)N(C(C)C)C(C)C)(c2ccccc2)c2ccc(OC)cc2)cc1. The Morgan fingerprint density at radius 2 is 1.48 bits per heavy atom. The fraction of sp³-hybridized carbons (Fsp3) is 0.383. The van der Waals surface area contributed by atoms with Gasteiger partial charge in [0.1, 0.15) is 41.0 Å². The number of nitrogens with zero attached hydrogens (tertiary/aromatic N) is 7. The molecule has 0 bridgehead atoms. The van der Waals surface area contributed by atoms with Crippen LogP contribution in [-0.4, -0.2) is 90.5 Å². The van der Waals surface area contributed by atoms with Gasteiger partial charge >= 0.3 is 11.4 Å². The molecule has 0 radical (unpaired) electrons. The minimum absolute atomic E-state index is 0.0624. The van der Waals surface area contributed by atoms with Gasteiger partial charge in [0.15, 0.2) is 6.23 Å². The molecule has 20 heteroatoms. The summed E-state index contributed by atoms with van der Waals surface area (Å²) in [6.07, 6.45) is 1.23. The summed E-state index contributed by atoms with van der Waals surface area (Å²) >= 11 is 0. The minimum atomic E-state index is -1.96. The molecular formula is C47H54N9O10P. The number of nitrogens with one attached hydrogen (secondary N) is 2. The molecule has 0 aliphatic carbocycles. The van der Waals surface area contributed by atoms with Gasteiger partial charge in [-0.3, -0.25) is 28.7 Å². The standard InChI is InChI=1S/C47H54N9O10P/c1-30(2)56(31(3)4)67(64-25-11-23-48)66-42-39(29-63-47(33-12-9-8-10-13-33,34-14-18-37(61-6)19-15-34)35-16-20-38(62-7)21-17-35)65-44(54-24-22-40(57)49-46(54)60)41(42)55-28-36(51-52-55)27-53-26-32(5)43(58)50-45(53)59/h8-10,12-22,24,26,28,30-31,39,41-42,44H,11,25,27,29H2,1-7H3,(H,49,57,60)(H,50,58,59)/t39-,41-,42-,44-,67?/m1/s1. The summed E-state index contributed by atoms with van der Waals surface area (Å²) in [5.74, 6) is 1.28. The van der Waals surface area contributed by atoms with E-state index in [1.807, 2.05) is 107 Å². The van der Waals surface area contributed by atoms with Crippen LogP contribution in [-0.2, 0) is 30.7 Å². The quantitative estimate of drug-likeness (QED) is 0.0574. The molecule has 1 saturated heterocycles. The molecule has 0 saturated carbocycles. The predicted octanol–water partition coefficient (Wildman–Crippen LogP) is 5.16. The number of hydrogen-bond donors (Lipinski definition) is 2. The fourth-order valence-corrected chi connectivity index (χ4v) is 10.0. The molecule has 7 rings (SSSR count). The van der Waals surface area contributed by atoms with Crippen LogP contribution in [0.2, 0.25) is 0 Å². The van der Waals surface area contributed by atoms with E-state index in [4.69, 9.17) is 28.0 Å². The lowest BCUT2D eigenvalue weighted by molar-refractivity contribution is -0.0932. The van der Waals surface area contributed by atoms with E-state index in [1.54, 1.807) is 27.3 Å². The van der Waals surface area contributed by atoms with Crippen molar-refractivity contribution in [2.45, 2.75) is 89.7 Å². The largest absolute Gasteiger partial charge is 0.497 e. The van der Waals surface area contributed by atoms with Crippen molar-refractivity contribution in [1.82, 2.24) is 38.8 Å². The highest BCUT2D eigenvalue weighted by molar-refractivity contribution is 7.44. The summed E-state index contributed by atoms with van der Waals surface area (Å²) in [5.41, 5.74) is -0.851. The summed E-state index contributed by atoms with van der Waals surface area (Å²) in [5, 5.41) is 18.5. The van der Waals surface area contributed by atoms with E-state index in [2.05, 4.69) is 31.0 Å². The van der Waals surface area contributed by atoms with E-state index < -0.39 is 61.1 Å². The first-order valence-electron chi connectivity index (χ1n) is 21.7. The summed E-state index contributed by atoms with van der Waals surface area (Å²) in [4.78, 5) is 56.0. The molecule has 352 valence electrons. The Morgan fingerprint density at radius 3 is 2.06 bits per heavy atom. The highest BCUT2D eigenvalue weighted by Crippen LogP contribution is 2.53. The van der Waals surface area contributed by atoms with Crippen LogP contribution in [0.4, 0.5) is 0 Å². The van der Waals surface area contributed by atoms with Crippen molar-refractivity contribution in [2.24, 2.45) is 0 Å². The monoisotopic (exact) mass is 935 g/mol. The van der Waals surface area contributed by atoms with E-state index in [-0.39, 0.29) is 38.3 Å². The zero-order valence-corrected chi connectivity index (χ0v) is 39.2. The number of aromatic amines is 2. The maximum absolute atomic E-state index is 13.8. The number of hydrogen-bond acceptors (Lipinski definition) is 14. The third kappa shape index (κ3) is 10.6. The summed E-state index contributed by atoms with van der Waals surface area (Å²) in [7, 11) is 1.23. The van der Waals surface area contributed by atoms with Crippen LogP contribution in [0, 0.1) is 18.3 Å². The Morgan fingerprint density at radius 1 is 0.851 bits per heavy atom. The minimum Gasteiger partial charge on any atom is -0.497 e. The molecule has 4 heterocycles. The smallest absolute Gasteiger partial charge is 0.330 e. The van der Waals surface area contributed by atoms with Crippen molar-refractivity contribution < 1.29 is 28.0 Å². The van der Waals surface area contributed by atoms with E-state index in [0.717, 1.165) is 16.7 Å². The first-order valence-corrected chi connectivity index (χ1v) is 22.8. The van der Waals surface area contributed by atoms with Crippen molar-refractivity contribution in [2.75, 3.05) is 27.4 Å². The lowest BCUT2D eigenvalue weighted by Gasteiger charge is -2.39. The van der Waals surface area contributed by atoms with Crippen molar-refractivity contribution in [1.29, 1.82) is 5.26 Å². The Kier molecular flexibility index (Phi) is 15.5. The molecule has 67 heavy (non-hydrogen) atoms. The molecular weight excluding hydrogens is 882 g/mol. The van der Waals surface area contributed by atoms with Gasteiger partial charge in [0.05, 0.1) is 52.7 Å². The number of aryl methyl sites for hydroxylation is 1. The van der Waals surface area contributed by atoms with Crippen molar-refractivity contribution >= 4 is 8.53 Å². The number of aromatic nitrogens is 7. The number of benzene rings is 3. The van der Waals surface area contributed by atoms with Gasteiger partial charge < -0.3 is 28.0 Å². The van der Waals surface area contributed by atoms with Gasteiger partial charge in [-0.1, -0.05) is 59.8 Å². The number of nitriles is 1. The normalized spacial score (nSPS) is 17.8. The second kappa shape index (κ2) is 21.4. The van der Waals surface area contributed by atoms with Crippen LogP contribution in [0.3, 0.4) is 0 Å². The second-order valence-electron chi connectivity index (χ2n) is 16.4. The molecule has 1 aliphatic rings. The predicted molar refractivity (Wildman–Crippen MR) is 248 cm³/mol. The second-order valence-corrected chi connectivity index (χ2v) is 17.8. The van der Waals surface area contributed by atoms with Gasteiger partial charge in [0.2, 0.25) is 0 Å². The van der Waals surface area contributed by atoms with Crippen molar-refractivity contribution in [3.8, 4) is 17.6 Å². The van der Waals surface area contributed by atoms with Gasteiger partial charge in [0.25, 0.3) is 19.6 Å². The Balaban J connectivity index is 1.41. The number of methoxy groups -OCH3 is 2. The first-order chi connectivity index (χ1) is 32.3. The van der Waals surface area contributed by atoms with Gasteiger partial charge in [-0.05, 0) is 75.6 Å². The molecule has 0 amide bonds. The third-order valence-corrected chi connectivity index (χ3v) is 13.5. The molecule has 6 aromatic rings. The number of rotatable bonds is 20. The molecule has 3 aromatic heterocycles. The average molecular weight is 936 g/mol. The van der Waals surface area contributed by atoms with Crippen LogP contribution in [0.25, 0.3) is 0 Å². The molecule has 3 aromatic carbocycles. The van der Waals surface area contributed by atoms with Crippen LogP contribution in [0.5, 0.6) is 11.5 Å². The van der Waals surface area contributed by atoms with Gasteiger partial charge in [-0.2, -0.15) is 5.26 Å². The molecule has 1 aliphatic heterocycles. The Hall–Kier alpha value is -6.52. The first kappa shape index (κ1) is 48.4. The van der Waals surface area contributed by atoms with Crippen molar-refractivity contribution in [3.63, 3.8) is 0 Å². The summed E-state index contributed by atoms with van der Waals surface area (Å²) < 4.78 is 45.3. The van der Waals surface area contributed by atoms with E-state index in [0.29, 0.717) is 22.8 Å². The Labute approximate surface area is 387 Å². The maximum Gasteiger partial charge on any atom is 0.330 e. The van der Waals surface area contributed by atoms with E-state index >= 15 is 0 Å². The van der Waals surface area contributed by atoms with Crippen LogP contribution >= 0.6 is 8.53 Å². The number of ether oxygens (including phenoxy) is 4. The van der Waals surface area contributed by atoms with Crippen LogP contribution in [0.15, 0.2) is 123 Å². The molecule has 1 fully saturated rings. The van der Waals surface area contributed by atoms with Gasteiger partial charge in [-0.25, -0.2) is 18.9 Å². The highest BCUT2D eigenvalue weighted by Gasteiger charge is 2.52. The molecule has 19 nitrogen and oxygen atoms in total. The third-order valence-electron chi connectivity index (χ3n) is 11.3. The van der Waals surface area contributed by atoms with Crippen LogP contribution in [0.1, 0.15) is 74.3 Å². The maximum atomic E-state index is 13.8. The zero-order chi connectivity index (χ0) is 47.8. The molecule has 0 spiro atoms. The van der Waals surface area contributed by atoms with Gasteiger partial charge in [-0.15, -0.1) is 5.10 Å². The van der Waals surface area contributed by atoms with E-state index in [9.17, 15) is 24.4 Å². The summed E-state index contributed by atoms with van der Waals surface area (Å²) in [6, 6.07) is 27.1. The van der Waals surface area contributed by atoms with Gasteiger partial charge in [0, 0.05) is 36.1 Å². The fourth-order valence-electron chi connectivity index (χ4n) is 8.24. The van der Waals surface area contributed by atoms with E-state index in [1.165, 1.54) is 32.3 Å². The van der Waals surface area contributed by atoms with Crippen LogP contribution < -0.4 is 32.0 Å². The summed E-state index contributed by atoms with van der Waals surface area (Å²) in [6.45, 7) is 9.48. The topological polar surface area (TPSA) is 223 Å². The molecule has 2 N–H and O–H groups in total. The zero-order valence-electron chi connectivity index (χ0n) is 38.3. The molecule has 1 unspecified atom stereocenters. The highest BCUT2D eigenvalue weighted by atomic mass is 31.2. The van der Waals surface area contributed by atoms with Crippen molar-refractivity contribution in [3.05, 3.63) is 173 Å². The number of H-pyrrole nitrogens is 2. The lowest BCUT2D eigenvalue weighted by Crippen LogP contribution is -2.41. The average Bonchev–Trinajstić information content (AvgIpc) is 3.92. The molecule has 5 atom stereocenters.